The van der Waals surface area contributed by atoms with E-state index in [4.69, 9.17) is 37.5 Å². The van der Waals surface area contributed by atoms with Crippen LogP contribution in [0.1, 0.15) is 68.8 Å². The fourth-order valence-corrected chi connectivity index (χ4v) is 8.58. The van der Waals surface area contributed by atoms with E-state index in [1.807, 2.05) is 33.8 Å². The molecule has 5 aromatic rings. The van der Waals surface area contributed by atoms with Crippen molar-refractivity contribution < 1.29 is 51.9 Å². The van der Waals surface area contributed by atoms with Crippen molar-refractivity contribution in [2.24, 2.45) is 0 Å². The maximum absolute atomic E-state index is 13.9. The second-order valence-corrected chi connectivity index (χ2v) is 16.1. The molecule has 0 saturated carbocycles. The second kappa shape index (κ2) is 22.2. The van der Waals surface area contributed by atoms with E-state index in [0.717, 1.165) is 0 Å². The van der Waals surface area contributed by atoms with Crippen LogP contribution in [0.25, 0.3) is 11.2 Å². The van der Waals surface area contributed by atoms with E-state index >= 15 is 0 Å². The van der Waals surface area contributed by atoms with Crippen molar-refractivity contribution in [2.75, 3.05) is 39.4 Å². The molecule has 5 atom stereocenters. The van der Waals surface area contributed by atoms with Crippen molar-refractivity contribution in [1.82, 2.24) is 24.2 Å². The van der Waals surface area contributed by atoms with E-state index in [-0.39, 0.29) is 50.6 Å². The topological polar surface area (TPSA) is 208 Å². The number of nitrogens with zero attached hydrogens (tertiary/aromatic N) is 6. The van der Waals surface area contributed by atoms with Crippen molar-refractivity contribution in [3.63, 3.8) is 0 Å². The standard InChI is InChI=1S/C44H50N7O11P/c1-28(2)51(29(3)4)63(59-19-13-18-45)62-35-23-38(50-27-48-39-42(46-26-47-43(39)50)49-37(52)25-57-32-16-11-8-12-17-32)60-36(35)24-58-44(54)61-41(40(53)30-14-9-7-10-15-30)31-20-33(55-5)22-34(21-31)56-6/h7-12,14-17,20-22,26-29,35-36,38,41H,13,19,23-25H2,1-6H3,(H,46,47,49,52)/t35-,36+,38+,41?,63?/m0/s1. The first-order chi connectivity index (χ1) is 30.5. The minimum atomic E-state index is -1.76. The Bertz CT molecular complexity index is 2320. The average molecular weight is 884 g/mol. The summed E-state index contributed by atoms with van der Waals surface area (Å²) in [5.74, 6) is 0.511. The van der Waals surface area contributed by atoms with E-state index in [0.29, 0.717) is 39.5 Å². The molecular weight excluding hydrogens is 833 g/mol. The summed E-state index contributed by atoms with van der Waals surface area (Å²) in [6.45, 7) is 7.58. The van der Waals surface area contributed by atoms with Gasteiger partial charge in [0.15, 0.2) is 29.7 Å². The fraction of sp³-hybridized carbons (Fsp3) is 0.386. The third-order valence-electron chi connectivity index (χ3n) is 9.66. The van der Waals surface area contributed by atoms with Crippen molar-refractivity contribution in [2.45, 2.75) is 77.2 Å². The van der Waals surface area contributed by atoms with Crippen LogP contribution >= 0.6 is 8.53 Å². The molecule has 1 N–H and O–H groups in total. The van der Waals surface area contributed by atoms with Crippen LogP contribution in [0.5, 0.6) is 17.2 Å². The number of rotatable bonds is 21. The Morgan fingerprint density at radius 3 is 2.27 bits per heavy atom. The monoisotopic (exact) mass is 883 g/mol. The number of carbonyl (C=O) groups is 3. The van der Waals surface area contributed by atoms with Crippen molar-refractivity contribution in [3.8, 4) is 23.3 Å². The van der Waals surface area contributed by atoms with Gasteiger partial charge in [0.2, 0.25) is 5.78 Å². The zero-order valence-corrected chi connectivity index (χ0v) is 36.7. The average Bonchev–Trinajstić information content (AvgIpc) is 3.91. The SMILES string of the molecule is COc1cc(OC)cc(C(OC(=O)OC[C@H]2O[C@@H](n3cnc4c(NC(=O)COc5ccccc5)ncnc43)C[C@@H]2OP(OCCC#N)N(C(C)C)C(C)C)C(=O)c2ccccc2)c1. The predicted molar refractivity (Wildman–Crippen MR) is 230 cm³/mol. The normalized spacial score (nSPS) is 17.0. The summed E-state index contributed by atoms with van der Waals surface area (Å²) in [6, 6.07) is 24.2. The largest absolute Gasteiger partial charge is 0.509 e. The molecule has 0 aliphatic carbocycles. The zero-order valence-electron chi connectivity index (χ0n) is 35.8. The molecule has 332 valence electrons. The van der Waals surface area contributed by atoms with Gasteiger partial charge in [-0.1, -0.05) is 48.5 Å². The van der Waals surface area contributed by atoms with Gasteiger partial charge in [-0.05, 0) is 52.0 Å². The molecule has 1 aliphatic heterocycles. The molecular formula is C44H50N7O11P. The predicted octanol–water partition coefficient (Wildman–Crippen LogP) is 7.59. The molecule has 18 nitrogen and oxygen atoms in total. The summed E-state index contributed by atoms with van der Waals surface area (Å²) in [4.78, 5) is 53.7. The number of ether oxygens (including phenoxy) is 6. The van der Waals surface area contributed by atoms with E-state index in [9.17, 15) is 19.6 Å². The van der Waals surface area contributed by atoms with Gasteiger partial charge < -0.3 is 42.8 Å². The first-order valence-corrected chi connectivity index (χ1v) is 21.3. The quantitative estimate of drug-likeness (QED) is 0.0326. The Morgan fingerprint density at radius 2 is 1.62 bits per heavy atom. The Balaban J connectivity index is 1.25. The highest BCUT2D eigenvalue weighted by molar-refractivity contribution is 7.44. The fourth-order valence-electron chi connectivity index (χ4n) is 6.82. The van der Waals surface area contributed by atoms with Gasteiger partial charge in [0.25, 0.3) is 14.4 Å². The highest BCUT2D eigenvalue weighted by atomic mass is 31.2. The maximum Gasteiger partial charge on any atom is 0.509 e. The number of para-hydroxylation sites is 1. The number of amides is 1. The Labute approximate surface area is 366 Å². The van der Waals surface area contributed by atoms with Crippen LogP contribution in [-0.4, -0.2) is 100 Å². The summed E-state index contributed by atoms with van der Waals surface area (Å²) in [5, 5.41) is 12.0. The summed E-state index contributed by atoms with van der Waals surface area (Å²) in [7, 11) is 1.18. The highest BCUT2D eigenvalue weighted by Gasteiger charge is 2.43. The summed E-state index contributed by atoms with van der Waals surface area (Å²) >= 11 is 0. The number of methoxy groups -OCH3 is 2. The van der Waals surface area contributed by atoms with Crippen molar-refractivity contribution in [1.29, 1.82) is 5.26 Å². The molecule has 63 heavy (non-hydrogen) atoms. The third kappa shape index (κ3) is 12.0. The van der Waals surface area contributed by atoms with E-state index in [1.165, 1.54) is 26.9 Å². The van der Waals surface area contributed by atoms with Crippen LogP contribution in [-0.2, 0) is 28.1 Å². The Hall–Kier alpha value is -6.22. The maximum atomic E-state index is 13.9. The van der Waals surface area contributed by atoms with Gasteiger partial charge in [-0.3, -0.25) is 14.2 Å². The number of carbonyl (C=O) groups excluding carboxylic acids is 3. The molecule has 0 radical (unpaired) electrons. The van der Waals surface area contributed by atoms with Crippen LogP contribution in [0, 0.1) is 11.3 Å². The molecule has 3 aromatic carbocycles. The first-order valence-electron chi connectivity index (χ1n) is 20.2. The molecule has 1 saturated heterocycles. The number of hydrogen-bond donors (Lipinski definition) is 1. The van der Waals surface area contributed by atoms with Crippen LogP contribution in [0.3, 0.4) is 0 Å². The summed E-state index contributed by atoms with van der Waals surface area (Å²) < 4.78 is 51.2. The number of imidazole rings is 1. The summed E-state index contributed by atoms with van der Waals surface area (Å²) in [5.41, 5.74) is 1.25. The van der Waals surface area contributed by atoms with Gasteiger partial charge in [0, 0.05) is 35.7 Å². The Morgan fingerprint density at radius 1 is 0.937 bits per heavy atom. The Kier molecular flexibility index (Phi) is 16.3. The number of anilines is 1. The lowest BCUT2D eigenvalue weighted by Crippen LogP contribution is -2.37. The highest BCUT2D eigenvalue weighted by Crippen LogP contribution is 2.50. The number of nitrogens with one attached hydrogen (secondary N) is 1. The van der Waals surface area contributed by atoms with E-state index in [1.54, 1.807) is 77.4 Å². The molecule has 6 rings (SSSR count). The van der Waals surface area contributed by atoms with Gasteiger partial charge in [-0.2, -0.15) is 5.26 Å². The first kappa shape index (κ1) is 46.3. The lowest BCUT2D eigenvalue weighted by molar-refractivity contribution is -0.118. The molecule has 2 unspecified atom stereocenters. The number of aromatic nitrogens is 4. The van der Waals surface area contributed by atoms with E-state index < -0.39 is 50.9 Å². The van der Waals surface area contributed by atoms with Gasteiger partial charge in [0.1, 0.15) is 42.5 Å². The van der Waals surface area contributed by atoms with Gasteiger partial charge in [-0.25, -0.2) is 24.4 Å². The number of benzene rings is 3. The zero-order chi connectivity index (χ0) is 44.9. The van der Waals surface area contributed by atoms with Gasteiger partial charge >= 0.3 is 6.16 Å². The van der Waals surface area contributed by atoms with Crippen LogP contribution in [0.2, 0.25) is 0 Å². The summed E-state index contributed by atoms with van der Waals surface area (Å²) in [6.07, 6.45) is -1.81. The molecule has 0 spiro atoms. The minimum absolute atomic E-state index is 0.00340. The second-order valence-electron chi connectivity index (χ2n) is 14.7. The smallest absolute Gasteiger partial charge is 0.497 e. The van der Waals surface area contributed by atoms with Crippen molar-refractivity contribution in [3.05, 3.63) is 103 Å². The van der Waals surface area contributed by atoms with Gasteiger partial charge in [-0.15, -0.1) is 0 Å². The number of Topliss-reactive ketones (excluding diaryl/α,β-unsaturated/α-hetero) is 1. The molecule has 19 heteroatoms. The van der Waals surface area contributed by atoms with Crippen LogP contribution < -0.4 is 19.5 Å². The molecule has 1 aliphatic rings. The third-order valence-corrected chi connectivity index (χ3v) is 11.8. The lowest BCUT2D eigenvalue weighted by atomic mass is 9.99. The molecule has 2 aromatic heterocycles. The minimum Gasteiger partial charge on any atom is -0.497 e. The lowest BCUT2D eigenvalue weighted by Gasteiger charge is -2.37. The number of ketones is 1. The molecule has 0 bridgehead atoms. The van der Waals surface area contributed by atoms with Crippen LogP contribution in [0.4, 0.5) is 10.6 Å². The molecule has 3 heterocycles. The molecule has 1 amide bonds. The van der Waals surface area contributed by atoms with Crippen LogP contribution in [0.15, 0.2) is 91.5 Å². The van der Waals surface area contributed by atoms with Gasteiger partial charge in [0.05, 0.1) is 45.7 Å². The van der Waals surface area contributed by atoms with Crippen molar-refractivity contribution >= 4 is 43.4 Å². The molecule has 1 fully saturated rings. The number of hydrogen-bond acceptors (Lipinski definition) is 16. The number of fused-ring (bicyclic) bond motifs is 1. The van der Waals surface area contributed by atoms with E-state index in [2.05, 4.69) is 31.0 Å². The number of nitriles is 1.